The summed E-state index contributed by atoms with van der Waals surface area (Å²) < 4.78 is 7.23. The molecule has 1 amide bonds. The van der Waals surface area contributed by atoms with Gasteiger partial charge in [0.15, 0.2) is 5.65 Å². The summed E-state index contributed by atoms with van der Waals surface area (Å²) in [7, 11) is 1.77. The molecular formula is C27H21N5O2. The van der Waals surface area contributed by atoms with Gasteiger partial charge in [0.2, 0.25) is 0 Å². The van der Waals surface area contributed by atoms with Gasteiger partial charge in [-0.2, -0.15) is 10.4 Å². The molecular weight excluding hydrogens is 426 g/mol. The number of nitrogens with zero attached hydrogens (tertiary/aromatic N) is 5. The van der Waals surface area contributed by atoms with Gasteiger partial charge in [0.1, 0.15) is 12.3 Å². The maximum atomic E-state index is 13.6. The van der Waals surface area contributed by atoms with Crippen molar-refractivity contribution < 1.29 is 9.21 Å². The lowest BCUT2D eigenvalue weighted by atomic mass is 10.1. The van der Waals surface area contributed by atoms with Crippen LogP contribution in [0.15, 0.2) is 89.7 Å². The Kier molecular flexibility index (Phi) is 5.63. The number of carbonyl (C=O) groups is 1. The van der Waals surface area contributed by atoms with Crippen molar-refractivity contribution in [1.29, 1.82) is 5.26 Å². The van der Waals surface area contributed by atoms with E-state index in [1.54, 1.807) is 41.2 Å². The number of carbonyl (C=O) groups excluding carboxylic acids is 1. The molecule has 0 saturated carbocycles. The quantitative estimate of drug-likeness (QED) is 0.370. The molecule has 0 bridgehead atoms. The molecule has 7 heteroatoms. The predicted molar refractivity (Wildman–Crippen MR) is 128 cm³/mol. The van der Waals surface area contributed by atoms with E-state index in [1.165, 1.54) is 0 Å². The number of fused-ring (bicyclic) bond motifs is 1. The number of pyridine rings is 1. The zero-order valence-electron chi connectivity index (χ0n) is 18.5. The highest BCUT2D eigenvalue weighted by Gasteiger charge is 2.21. The van der Waals surface area contributed by atoms with Crippen LogP contribution in [0.25, 0.3) is 22.3 Å². The van der Waals surface area contributed by atoms with E-state index in [0.717, 1.165) is 16.9 Å². The molecule has 5 aromatic rings. The first-order valence-electron chi connectivity index (χ1n) is 10.8. The van der Waals surface area contributed by atoms with Crippen LogP contribution in [0.2, 0.25) is 0 Å². The molecule has 3 heterocycles. The summed E-state index contributed by atoms with van der Waals surface area (Å²) >= 11 is 0. The molecule has 0 aliphatic carbocycles. The number of rotatable bonds is 6. The Morgan fingerprint density at radius 2 is 1.88 bits per heavy atom. The Morgan fingerprint density at radius 3 is 2.59 bits per heavy atom. The van der Waals surface area contributed by atoms with Gasteiger partial charge < -0.3 is 9.32 Å². The van der Waals surface area contributed by atoms with Gasteiger partial charge in [-0.25, -0.2) is 9.67 Å². The van der Waals surface area contributed by atoms with Crippen molar-refractivity contribution in [2.75, 3.05) is 7.05 Å². The maximum absolute atomic E-state index is 13.6. The van der Waals surface area contributed by atoms with Gasteiger partial charge in [-0.15, -0.1) is 0 Å². The molecule has 0 unspecified atom stereocenters. The van der Waals surface area contributed by atoms with E-state index in [4.69, 9.17) is 14.7 Å². The molecule has 0 N–H and O–H groups in total. The highest BCUT2D eigenvalue weighted by molar-refractivity contribution is 6.06. The van der Waals surface area contributed by atoms with E-state index < -0.39 is 0 Å². The van der Waals surface area contributed by atoms with Crippen molar-refractivity contribution in [2.45, 2.75) is 13.1 Å². The van der Waals surface area contributed by atoms with Crippen molar-refractivity contribution in [3.05, 3.63) is 108 Å². The van der Waals surface area contributed by atoms with Crippen LogP contribution in [0.5, 0.6) is 0 Å². The minimum atomic E-state index is -0.133. The fourth-order valence-electron chi connectivity index (χ4n) is 3.88. The third kappa shape index (κ3) is 4.17. The second-order valence-electron chi connectivity index (χ2n) is 8.01. The van der Waals surface area contributed by atoms with Crippen LogP contribution in [-0.4, -0.2) is 32.6 Å². The minimum absolute atomic E-state index is 0.133. The Morgan fingerprint density at radius 1 is 1.09 bits per heavy atom. The maximum Gasteiger partial charge on any atom is 0.254 e. The predicted octanol–water partition coefficient (Wildman–Crippen LogP) is 4.88. The van der Waals surface area contributed by atoms with E-state index in [9.17, 15) is 4.79 Å². The molecule has 0 atom stereocenters. The first-order valence-corrected chi connectivity index (χ1v) is 10.8. The Labute approximate surface area is 196 Å². The molecule has 0 radical (unpaired) electrons. The molecule has 2 aromatic carbocycles. The van der Waals surface area contributed by atoms with Crippen LogP contribution in [0.4, 0.5) is 0 Å². The monoisotopic (exact) mass is 447 g/mol. The third-order valence-corrected chi connectivity index (χ3v) is 5.64. The minimum Gasteiger partial charge on any atom is -0.467 e. The van der Waals surface area contributed by atoms with E-state index in [0.29, 0.717) is 40.9 Å². The number of benzene rings is 2. The van der Waals surface area contributed by atoms with Gasteiger partial charge in [-0.3, -0.25) is 4.79 Å². The summed E-state index contributed by atoms with van der Waals surface area (Å²) in [5.41, 5.74) is 4.30. The Hall–Kier alpha value is -4.70. The normalized spacial score (nSPS) is 10.8. The number of furan rings is 1. The largest absolute Gasteiger partial charge is 0.467 e. The van der Waals surface area contributed by atoms with Crippen molar-refractivity contribution >= 4 is 16.9 Å². The second-order valence-corrected chi connectivity index (χ2v) is 8.01. The first-order chi connectivity index (χ1) is 16.6. The summed E-state index contributed by atoms with van der Waals surface area (Å²) in [5, 5.41) is 14.2. The summed E-state index contributed by atoms with van der Waals surface area (Å²) in [6.45, 7) is 0.825. The highest BCUT2D eigenvalue weighted by Crippen LogP contribution is 2.26. The van der Waals surface area contributed by atoms with Gasteiger partial charge in [-0.1, -0.05) is 42.5 Å². The molecule has 0 fully saturated rings. The van der Waals surface area contributed by atoms with Crippen LogP contribution < -0.4 is 0 Å². The molecule has 3 aromatic heterocycles. The topological polar surface area (TPSA) is 88.0 Å². The molecule has 0 saturated heterocycles. The van der Waals surface area contributed by atoms with E-state index in [-0.39, 0.29) is 5.91 Å². The summed E-state index contributed by atoms with van der Waals surface area (Å²) in [5.74, 6) is 0.620. The average molecular weight is 447 g/mol. The molecule has 0 aliphatic rings. The molecule has 34 heavy (non-hydrogen) atoms. The van der Waals surface area contributed by atoms with E-state index in [1.807, 2.05) is 60.7 Å². The standard InChI is InChI=1S/C27H21N5O2/c1-31(17-20-11-9-19(15-28)10-12-20)27(33)23-14-25(21-6-3-2-4-7-21)30-26-24(23)16-29-32(26)18-22-8-5-13-34-22/h2-14,16H,17-18H2,1H3. The van der Waals surface area contributed by atoms with Crippen LogP contribution >= 0.6 is 0 Å². The molecule has 0 aliphatic heterocycles. The average Bonchev–Trinajstić information content (AvgIpc) is 3.54. The summed E-state index contributed by atoms with van der Waals surface area (Å²) in [6, 6.07) is 24.7. The van der Waals surface area contributed by atoms with Gasteiger partial charge in [0.05, 0.1) is 40.7 Å². The second kappa shape index (κ2) is 9.04. The van der Waals surface area contributed by atoms with Gasteiger partial charge >= 0.3 is 0 Å². The van der Waals surface area contributed by atoms with E-state index in [2.05, 4.69) is 11.2 Å². The van der Waals surface area contributed by atoms with Crippen molar-refractivity contribution in [1.82, 2.24) is 19.7 Å². The van der Waals surface area contributed by atoms with Crippen LogP contribution in [0, 0.1) is 11.3 Å². The van der Waals surface area contributed by atoms with Gasteiger partial charge in [0.25, 0.3) is 5.91 Å². The molecule has 7 nitrogen and oxygen atoms in total. The van der Waals surface area contributed by atoms with Crippen molar-refractivity contribution in [3.8, 4) is 17.3 Å². The van der Waals surface area contributed by atoms with Crippen LogP contribution in [-0.2, 0) is 13.1 Å². The van der Waals surface area contributed by atoms with Crippen LogP contribution in [0.3, 0.4) is 0 Å². The third-order valence-electron chi connectivity index (χ3n) is 5.64. The zero-order valence-corrected chi connectivity index (χ0v) is 18.5. The lowest BCUT2D eigenvalue weighted by Gasteiger charge is -2.18. The highest BCUT2D eigenvalue weighted by atomic mass is 16.3. The Balaban J connectivity index is 1.55. The molecule has 5 rings (SSSR count). The fraction of sp³-hybridized carbons (Fsp3) is 0.111. The first kappa shape index (κ1) is 21.2. The lowest BCUT2D eigenvalue weighted by Crippen LogP contribution is -2.26. The number of hydrogen-bond donors (Lipinski definition) is 0. The number of nitriles is 1. The SMILES string of the molecule is CN(Cc1ccc(C#N)cc1)C(=O)c1cc(-c2ccccc2)nc2c1cnn2Cc1ccco1. The van der Waals surface area contributed by atoms with Gasteiger partial charge in [0, 0.05) is 19.2 Å². The number of amides is 1. The zero-order chi connectivity index (χ0) is 23.5. The lowest BCUT2D eigenvalue weighted by molar-refractivity contribution is 0.0787. The van der Waals surface area contributed by atoms with Gasteiger partial charge in [-0.05, 0) is 35.9 Å². The van der Waals surface area contributed by atoms with Crippen LogP contribution in [0.1, 0.15) is 27.2 Å². The van der Waals surface area contributed by atoms with Crippen molar-refractivity contribution in [3.63, 3.8) is 0 Å². The van der Waals surface area contributed by atoms with Crippen molar-refractivity contribution in [2.24, 2.45) is 0 Å². The fourth-order valence-corrected chi connectivity index (χ4v) is 3.88. The summed E-state index contributed by atoms with van der Waals surface area (Å²) in [6.07, 6.45) is 3.31. The molecule has 166 valence electrons. The smallest absolute Gasteiger partial charge is 0.254 e. The number of aromatic nitrogens is 3. The van der Waals surface area contributed by atoms with E-state index >= 15 is 0 Å². The molecule has 0 spiro atoms. The number of hydrogen-bond acceptors (Lipinski definition) is 5. The summed E-state index contributed by atoms with van der Waals surface area (Å²) in [4.78, 5) is 20.1. The Bertz CT molecular complexity index is 1480.